The number of para-hydroxylation sites is 2. The summed E-state index contributed by atoms with van der Waals surface area (Å²) in [5, 5.41) is 5.07. The van der Waals surface area contributed by atoms with Crippen molar-refractivity contribution < 1.29 is 4.57 Å². The summed E-state index contributed by atoms with van der Waals surface area (Å²) in [6, 6.07) is 52.3. The Morgan fingerprint density at radius 2 is 1.11 bits per heavy atom. The van der Waals surface area contributed by atoms with Crippen molar-refractivity contribution in [3.05, 3.63) is 169 Å². The van der Waals surface area contributed by atoms with Gasteiger partial charge < -0.3 is 9.13 Å². The molecule has 0 fully saturated rings. The molecule has 0 unspecified atom stereocenters. The van der Waals surface area contributed by atoms with Crippen molar-refractivity contribution in [1.82, 2.24) is 9.13 Å². The van der Waals surface area contributed by atoms with E-state index >= 15 is 0 Å². The average Bonchev–Trinajstić information content (AvgIpc) is 3.80. The Hall–Kier alpha value is -6.19. The lowest BCUT2D eigenvalue weighted by molar-refractivity contribution is -0.741. The quantitative estimate of drug-likeness (QED) is 0.163. The first-order valence-corrected chi connectivity index (χ1v) is 19.4. The summed E-state index contributed by atoms with van der Waals surface area (Å²) in [7, 11) is 0. The van der Waals surface area contributed by atoms with Crippen LogP contribution in [-0.2, 0) is 11.0 Å². The van der Waals surface area contributed by atoms with E-state index in [-0.39, 0.29) is 11.0 Å². The van der Waals surface area contributed by atoms with Crippen LogP contribution in [0.2, 0.25) is 0 Å². The lowest BCUT2D eigenvalue weighted by atomic mass is 9.75. The number of allylic oxidation sites excluding steroid dienone is 1. The van der Waals surface area contributed by atoms with E-state index < -0.39 is 0 Å². The van der Waals surface area contributed by atoms with Crippen LogP contribution in [0, 0.1) is 0 Å². The Labute approximate surface area is 316 Å². The second kappa shape index (κ2) is 10.9. The Kier molecular flexibility index (Phi) is 6.34. The van der Waals surface area contributed by atoms with Gasteiger partial charge in [-0.2, -0.15) is 4.57 Å². The largest absolute Gasteiger partial charge is 0.309 e. The average molecular weight is 697 g/mol. The molecule has 3 nitrogen and oxygen atoms in total. The maximum atomic E-state index is 4.76. The second-order valence-corrected chi connectivity index (χ2v) is 15.9. The van der Waals surface area contributed by atoms with Crippen molar-refractivity contribution in [2.24, 2.45) is 0 Å². The van der Waals surface area contributed by atoms with Gasteiger partial charge in [-0.05, 0) is 88.5 Å². The van der Waals surface area contributed by atoms with Gasteiger partial charge in [0.1, 0.15) is 0 Å². The van der Waals surface area contributed by atoms with Gasteiger partial charge in [-0.1, -0.05) is 101 Å². The van der Waals surface area contributed by atoms with Crippen LogP contribution in [0.3, 0.4) is 0 Å². The van der Waals surface area contributed by atoms with Crippen molar-refractivity contribution >= 4 is 49.2 Å². The maximum absolute atomic E-state index is 4.76. The first-order valence-electron chi connectivity index (χ1n) is 19.4. The van der Waals surface area contributed by atoms with Gasteiger partial charge in [0.2, 0.25) is 5.69 Å². The summed E-state index contributed by atoms with van der Waals surface area (Å²) >= 11 is 0. The van der Waals surface area contributed by atoms with Crippen LogP contribution in [-0.4, -0.2) is 9.13 Å². The van der Waals surface area contributed by atoms with Crippen molar-refractivity contribution in [3.63, 3.8) is 0 Å². The summed E-state index contributed by atoms with van der Waals surface area (Å²) in [6.45, 7) is 14.1. The van der Waals surface area contributed by atoms with E-state index in [0.29, 0.717) is 0 Å². The monoisotopic (exact) mass is 696 g/mol. The van der Waals surface area contributed by atoms with Crippen molar-refractivity contribution in [2.45, 2.75) is 51.5 Å². The molecule has 4 heterocycles. The molecule has 0 radical (unpaired) electrons. The van der Waals surface area contributed by atoms with Gasteiger partial charge in [0.15, 0.2) is 11.7 Å². The lowest BCUT2D eigenvalue weighted by Gasteiger charge is -2.35. The molecule has 0 atom stereocenters. The lowest BCUT2D eigenvalue weighted by Crippen LogP contribution is -2.59. The van der Waals surface area contributed by atoms with E-state index in [9.17, 15) is 0 Å². The summed E-state index contributed by atoms with van der Waals surface area (Å²) in [6.07, 6.45) is 4.24. The van der Waals surface area contributed by atoms with Crippen LogP contribution in [0.5, 0.6) is 0 Å². The number of rotatable bonds is 4. The molecule has 1 aliphatic heterocycles. The first-order chi connectivity index (χ1) is 26.4. The van der Waals surface area contributed by atoms with E-state index in [1.54, 1.807) is 0 Å². The van der Waals surface area contributed by atoms with Gasteiger partial charge >= 0.3 is 0 Å². The van der Waals surface area contributed by atoms with Crippen LogP contribution in [0.15, 0.2) is 152 Å². The smallest absolute Gasteiger partial charge is 0.213 e. The van der Waals surface area contributed by atoms with Crippen molar-refractivity contribution in [1.29, 1.82) is 0 Å². The van der Waals surface area contributed by atoms with E-state index in [1.165, 1.54) is 93.9 Å². The SMILES string of the molecule is C=C1c2ccc(-n3c4ccc(-n5c6ccccc6c6ccccc65)cc4c4cc5c(cc43)C(C)(C)c3ccccc3-5)cc2-c2cccc[n+]2C1(CC)CC. The molecule has 260 valence electrons. The molecule has 0 saturated heterocycles. The fraction of sp³-hybridized carbons (Fsp3) is 0.157. The molecule has 0 amide bonds. The topological polar surface area (TPSA) is 13.7 Å². The van der Waals surface area contributed by atoms with Gasteiger partial charge in [0.05, 0.1) is 27.6 Å². The summed E-state index contributed by atoms with van der Waals surface area (Å²) in [4.78, 5) is 0. The van der Waals surface area contributed by atoms with E-state index in [1.807, 2.05) is 0 Å². The Morgan fingerprint density at radius 1 is 0.500 bits per heavy atom. The molecule has 0 saturated carbocycles. The number of nitrogens with zero attached hydrogens (tertiary/aromatic N) is 3. The molecule has 9 aromatic rings. The zero-order valence-corrected chi connectivity index (χ0v) is 31.3. The second-order valence-electron chi connectivity index (χ2n) is 15.9. The zero-order valence-electron chi connectivity index (χ0n) is 31.3. The number of aromatic nitrogens is 3. The minimum Gasteiger partial charge on any atom is -0.309 e. The molecule has 6 aromatic carbocycles. The Balaban J connectivity index is 1.22. The van der Waals surface area contributed by atoms with Gasteiger partial charge in [0.25, 0.3) is 0 Å². The highest BCUT2D eigenvalue weighted by Gasteiger charge is 2.46. The van der Waals surface area contributed by atoms with E-state index in [4.69, 9.17) is 6.58 Å². The predicted octanol–water partition coefficient (Wildman–Crippen LogP) is 12.7. The van der Waals surface area contributed by atoms with Gasteiger partial charge in [-0.3, -0.25) is 0 Å². The minimum absolute atomic E-state index is 0.109. The van der Waals surface area contributed by atoms with Gasteiger partial charge in [-0.25, -0.2) is 0 Å². The Morgan fingerprint density at radius 3 is 1.87 bits per heavy atom. The van der Waals surface area contributed by atoms with E-state index in [0.717, 1.165) is 18.5 Å². The van der Waals surface area contributed by atoms with Gasteiger partial charge in [-0.15, -0.1) is 0 Å². The minimum atomic E-state index is -0.137. The highest BCUT2D eigenvalue weighted by atomic mass is 15.1. The molecular weight excluding hydrogens is 655 g/mol. The normalized spacial score (nSPS) is 15.1. The highest BCUT2D eigenvalue weighted by Crippen LogP contribution is 2.52. The first kappa shape index (κ1) is 31.3. The fourth-order valence-electron chi connectivity index (χ4n) is 10.4. The molecule has 0 spiro atoms. The molecule has 0 N–H and O–H groups in total. The van der Waals surface area contributed by atoms with Crippen LogP contribution in [0.25, 0.3) is 82.9 Å². The number of hydrogen-bond acceptors (Lipinski definition) is 0. The third-order valence-corrected chi connectivity index (χ3v) is 13.2. The highest BCUT2D eigenvalue weighted by molar-refractivity contribution is 6.14. The molecule has 3 heteroatoms. The van der Waals surface area contributed by atoms with Crippen molar-refractivity contribution in [2.75, 3.05) is 0 Å². The molecule has 0 bridgehead atoms. The standard InChI is InChI=1S/C51H42N3/c1-6-51(7-2)32(3)35-25-23-33(28-40(35)45-20-14-15-27-52(45)51)54-48-26-24-34(53-46-21-12-9-17-37(46)38-18-10-13-22-47(38)53)29-41(48)42-30-39-36-16-8-11-19-43(36)50(4,5)44(39)31-49(42)54/h8-31H,3,6-7H2,1-2,4-5H3/q+1. The zero-order chi connectivity index (χ0) is 36.5. The van der Waals surface area contributed by atoms with E-state index in [2.05, 4.69) is 187 Å². The molecule has 1 aliphatic carbocycles. The number of pyridine rings is 1. The van der Waals surface area contributed by atoms with Crippen LogP contribution >= 0.6 is 0 Å². The Bertz CT molecular complexity index is 3020. The van der Waals surface area contributed by atoms with Crippen LogP contribution in [0.4, 0.5) is 0 Å². The summed E-state index contributed by atoms with van der Waals surface area (Å²) < 4.78 is 7.43. The fourth-order valence-corrected chi connectivity index (χ4v) is 10.4. The predicted molar refractivity (Wildman–Crippen MR) is 226 cm³/mol. The van der Waals surface area contributed by atoms with Crippen LogP contribution < -0.4 is 4.57 Å². The van der Waals surface area contributed by atoms with Gasteiger partial charge in [0, 0.05) is 68.9 Å². The van der Waals surface area contributed by atoms with Crippen molar-refractivity contribution in [3.8, 4) is 33.8 Å². The summed E-state index contributed by atoms with van der Waals surface area (Å²) in [5.74, 6) is 0. The number of fused-ring (bicyclic) bond motifs is 12. The number of hydrogen-bond donors (Lipinski definition) is 0. The third kappa shape index (κ3) is 3.89. The third-order valence-electron chi connectivity index (χ3n) is 13.2. The summed E-state index contributed by atoms with van der Waals surface area (Å²) in [5.41, 5.74) is 17.4. The van der Waals surface area contributed by atoms with Crippen LogP contribution in [0.1, 0.15) is 57.2 Å². The maximum Gasteiger partial charge on any atom is 0.213 e. The molecule has 3 aromatic heterocycles. The molecule has 2 aliphatic rings. The molecule has 11 rings (SSSR count). The molecular formula is C51H42N3+. The number of benzene rings is 6. The molecule has 54 heavy (non-hydrogen) atoms.